The molecule has 2 heteroatoms. The maximum absolute atomic E-state index is 10.9. The number of thiol groups is 1. The molecule has 0 radical (unpaired) electrons. The molecule has 2 rings (SSSR count). The second kappa shape index (κ2) is 3.54. The van der Waals surface area contributed by atoms with E-state index in [1.807, 2.05) is 6.07 Å². The minimum Gasteiger partial charge on any atom is -0.298 e. The molecule has 1 nitrogen and oxygen atoms in total. The fourth-order valence-electron chi connectivity index (χ4n) is 1.98. The van der Waals surface area contributed by atoms with Crippen LogP contribution in [-0.2, 0) is 12.8 Å². The molecule has 0 bridgehead atoms. The first-order valence-electron chi connectivity index (χ1n) is 4.62. The first-order valence-corrected chi connectivity index (χ1v) is 5.06. The smallest absolute Gasteiger partial charge is 0.151 e. The Morgan fingerprint density at radius 3 is 2.77 bits per heavy atom. The predicted molar refractivity (Wildman–Crippen MR) is 55.7 cm³/mol. The maximum Gasteiger partial charge on any atom is 0.151 e. The van der Waals surface area contributed by atoms with Gasteiger partial charge >= 0.3 is 0 Å². The molecule has 1 aromatic rings. The molecule has 0 atom stereocenters. The van der Waals surface area contributed by atoms with E-state index in [2.05, 4.69) is 18.7 Å². The Balaban J connectivity index is 2.58. The van der Waals surface area contributed by atoms with Gasteiger partial charge in [-0.15, -0.1) is 12.6 Å². The van der Waals surface area contributed by atoms with Crippen LogP contribution >= 0.6 is 12.6 Å². The first kappa shape index (κ1) is 8.82. The highest BCUT2D eigenvalue weighted by molar-refractivity contribution is 7.80. The predicted octanol–water partition coefficient (Wildman–Crippen LogP) is 2.67. The van der Waals surface area contributed by atoms with Gasteiger partial charge in [0.15, 0.2) is 6.29 Å². The van der Waals surface area contributed by atoms with Gasteiger partial charge in [0.2, 0.25) is 0 Å². The molecule has 0 aliphatic heterocycles. The van der Waals surface area contributed by atoms with Crippen molar-refractivity contribution in [2.45, 2.75) is 30.6 Å². The van der Waals surface area contributed by atoms with E-state index in [0.29, 0.717) is 0 Å². The molecule has 0 N–H and O–H groups in total. The van der Waals surface area contributed by atoms with E-state index in [1.165, 1.54) is 24.0 Å². The molecule has 0 heterocycles. The number of hydrogen-bond donors (Lipinski definition) is 1. The van der Waals surface area contributed by atoms with Crippen molar-refractivity contribution in [2.24, 2.45) is 0 Å². The lowest BCUT2D eigenvalue weighted by molar-refractivity contribution is 0.111. The van der Waals surface area contributed by atoms with E-state index in [1.54, 1.807) is 0 Å². The highest BCUT2D eigenvalue weighted by atomic mass is 32.1. The summed E-state index contributed by atoms with van der Waals surface area (Å²) in [5.41, 5.74) is 3.38. The van der Waals surface area contributed by atoms with Crippen molar-refractivity contribution in [3.8, 4) is 0 Å². The van der Waals surface area contributed by atoms with Crippen molar-refractivity contribution in [1.82, 2.24) is 0 Å². The number of rotatable bonds is 1. The second-order valence-corrected chi connectivity index (χ2v) is 3.94. The lowest BCUT2D eigenvalue weighted by atomic mass is 9.88. The summed E-state index contributed by atoms with van der Waals surface area (Å²) in [4.78, 5) is 11.7. The van der Waals surface area contributed by atoms with E-state index >= 15 is 0 Å². The third kappa shape index (κ3) is 1.51. The Kier molecular flexibility index (Phi) is 2.40. The average molecular weight is 192 g/mol. The van der Waals surface area contributed by atoms with Crippen molar-refractivity contribution in [3.63, 3.8) is 0 Å². The topological polar surface area (TPSA) is 17.1 Å². The van der Waals surface area contributed by atoms with Gasteiger partial charge in [-0.05, 0) is 42.9 Å². The molecule has 0 amide bonds. The third-order valence-electron chi connectivity index (χ3n) is 2.67. The van der Waals surface area contributed by atoms with Crippen LogP contribution in [0.25, 0.3) is 0 Å². The van der Waals surface area contributed by atoms with Gasteiger partial charge in [0, 0.05) is 10.5 Å². The summed E-state index contributed by atoms with van der Waals surface area (Å²) in [7, 11) is 0. The SMILES string of the molecule is O=Cc1c(S)ccc2c1CCCC2. The molecule has 0 saturated carbocycles. The van der Waals surface area contributed by atoms with E-state index in [9.17, 15) is 4.79 Å². The summed E-state index contributed by atoms with van der Waals surface area (Å²) in [5.74, 6) is 0. The summed E-state index contributed by atoms with van der Waals surface area (Å²) in [6, 6.07) is 4.03. The van der Waals surface area contributed by atoms with E-state index < -0.39 is 0 Å². The van der Waals surface area contributed by atoms with Gasteiger partial charge in [-0.3, -0.25) is 4.79 Å². The second-order valence-electron chi connectivity index (χ2n) is 3.46. The monoisotopic (exact) mass is 192 g/mol. The first-order chi connectivity index (χ1) is 6.33. The lowest BCUT2D eigenvalue weighted by Gasteiger charge is -2.17. The van der Waals surface area contributed by atoms with Gasteiger partial charge in [-0.25, -0.2) is 0 Å². The quantitative estimate of drug-likeness (QED) is 0.534. The van der Waals surface area contributed by atoms with Gasteiger partial charge in [-0.2, -0.15) is 0 Å². The van der Waals surface area contributed by atoms with Crippen molar-refractivity contribution in [3.05, 3.63) is 28.8 Å². The molecular formula is C11H12OS. The number of carbonyl (C=O) groups excluding carboxylic acids is 1. The van der Waals surface area contributed by atoms with Crippen LogP contribution in [0.3, 0.4) is 0 Å². The zero-order valence-electron chi connectivity index (χ0n) is 7.42. The number of benzene rings is 1. The molecule has 0 saturated heterocycles. The Morgan fingerprint density at radius 1 is 1.23 bits per heavy atom. The highest BCUT2D eigenvalue weighted by Crippen LogP contribution is 2.27. The van der Waals surface area contributed by atoms with Gasteiger partial charge < -0.3 is 0 Å². The molecule has 0 aromatic heterocycles. The van der Waals surface area contributed by atoms with Crippen molar-refractivity contribution < 1.29 is 4.79 Å². The molecule has 1 aliphatic rings. The number of hydrogen-bond acceptors (Lipinski definition) is 2. The number of fused-ring (bicyclic) bond motifs is 1. The summed E-state index contributed by atoms with van der Waals surface area (Å²) in [6.45, 7) is 0. The van der Waals surface area contributed by atoms with Crippen LogP contribution in [0.5, 0.6) is 0 Å². The van der Waals surface area contributed by atoms with E-state index in [0.717, 1.165) is 29.6 Å². The molecule has 0 unspecified atom stereocenters. The van der Waals surface area contributed by atoms with E-state index in [-0.39, 0.29) is 0 Å². The Morgan fingerprint density at radius 2 is 2.00 bits per heavy atom. The van der Waals surface area contributed by atoms with Gasteiger partial charge in [0.1, 0.15) is 0 Å². The summed E-state index contributed by atoms with van der Waals surface area (Å²) in [6.07, 6.45) is 5.54. The minimum absolute atomic E-state index is 0.806. The molecule has 1 aliphatic carbocycles. The molecule has 0 fully saturated rings. The highest BCUT2D eigenvalue weighted by Gasteiger charge is 2.14. The minimum atomic E-state index is 0.806. The van der Waals surface area contributed by atoms with Crippen LogP contribution in [0.1, 0.15) is 34.3 Å². The fraction of sp³-hybridized carbons (Fsp3) is 0.364. The summed E-state index contributed by atoms with van der Waals surface area (Å²) in [5, 5.41) is 0. The largest absolute Gasteiger partial charge is 0.298 e. The molecular weight excluding hydrogens is 180 g/mol. The van der Waals surface area contributed by atoms with Gasteiger partial charge in [0.05, 0.1) is 0 Å². The number of aryl methyl sites for hydroxylation is 1. The van der Waals surface area contributed by atoms with Gasteiger partial charge in [0.25, 0.3) is 0 Å². The van der Waals surface area contributed by atoms with E-state index in [4.69, 9.17) is 0 Å². The lowest BCUT2D eigenvalue weighted by Crippen LogP contribution is -2.06. The van der Waals surface area contributed by atoms with Crippen LogP contribution in [0.2, 0.25) is 0 Å². The van der Waals surface area contributed by atoms with Gasteiger partial charge in [-0.1, -0.05) is 6.07 Å². The van der Waals surface area contributed by atoms with Crippen LogP contribution in [0.4, 0.5) is 0 Å². The average Bonchev–Trinajstić information content (AvgIpc) is 2.18. The number of carbonyl (C=O) groups is 1. The maximum atomic E-state index is 10.9. The van der Waals surface area contributed by atoms with Crippen LogP contribution in [-0.4, -0.2) is 6.29 Å². The van der Waals surface area contributed by atoms with Crippen LogP contribution in [0.15, 0.2) is 17.0 Å². The zero-order chi connectivity index (χ0) is 9.26. The van der Waals surface area contributed by atoms with Crippen LogP contribution in [0, 0.1) is 0 Å². The van der Waals surface area contributed by atoms with Crippen molar-refractivity contribution >= 4 is 18.9 Å². The molecule has 68 valence electrons. The number of aldehydes is 1. The normalized spacial score (nSPS) is 15.2. The van der Waals surface area contributed by atoms with Crippen molar-refractivity contribution in [2.75, 3.05) is 0 Å². The molecule has 0 spiro atoms. The Bertz CT molecular complexity index is 344. The summed E-state index contributed by atoms with van der Waals surface area (Å²) >= 11 is 4.28. The Hall–Kier alpha value is -0.760. The fourth-order valence-corrected chi connectivity index (χ4v) is 2.24. The van der Waals surface area contributed by atoms with Crippen LogP contribution < -0.4 is 0 Å². The third-order valence-corrected chi connectivity index (χ3v) is 3.06. The Labute approximate surface area is 83.6 Å². The zero-order valence-corrected chi connectivity index (χ0v) is 8.31. The molecule has 13 heavy (non-hydrogen) atoms. The summed E-state index contributed by atoms with van der Waals surface area (Å²) < 4.78 is 0. The van der Waals surface area contributed by atoms with Crippen molar-refractivity contribution in [1.29, 1.82) is 0 Å². The standard InChI is InChI=1S/C11H12OS/c12-7-10-9-4-2-1-3-8(9)5-6-11(10)13/h5-7,13H,1-4H2. The molecule has 1 aromatic carbocycles.